The highest BCUT2D eigenvalue weighted by atomic mass is 32.2. The number of primary sulfonamides is 1. The van der Waals surface area contributed by atoms with Crippen LogP contribution in [0.15, 0.2) is 40.1 Å². The summed E-state index contributed by atoms with van der Waals surface area (Å²) < 4.78 is 93.0. The topological polar surface area (TPSA) is 94.3 Å². The van der Waals surface area contributed by atoms with Crippen LogP contribution in [-0.4, -0.2) is 22.6 Å². The Morgan fingerprint density at radius 2 is 1.38 bits per heavy atom. The van der Waals surface area contributed by atoms with E-state index in [9.17, 15) is 30.0 Å². The highest BCUT2D eigenvalue weighted by Crippen LogP contribution is 2.35. The number of sulfonamides is 1. The summed E-state index contributed by atoms with van der Waals surface area (Å²) in [7, 11) is -9.46. The number of benzene rings is 2. The van der Waals surface area contributed by atoms with Crippen molar-refractivity contribution in [3.63, 3.8) is 0 Å². The molecule has 2 aromatic rings. The zero-order valence-electron chi connectivity index (χ0n) is 16.2. The van der Waals surface area contributed by atoms with Crippen molar-refractivity contribution in [2.45, 2.75) is 43.4 Å². The Hall–Kier alpha value is -1.91. The van der Waals surface area contributed by atoms with Gasteiger partial charge in [-0.25, -0.2) is 35.1 Å². The van der Waals surface area contributed by atoms with Crippen LogP contribution in [0, 0.1) is 22.9 Å². The molecule has 0 aliphatic heterocycles. The molecular formula is C19H22F3NO4S2. The van der Waals surface area contributed by atoms with E-state index in [1.807, 2.05) is 0 Å². The molecule has 0 bridgehead atoms. The average molecular weight is 450 g/mol. The summed E-state index contributed by atoms with van der Waals surface area (Å²) in [5.41, 5.74) is -0.853. The number of rotatable bonds is 6. The molecule has 0 unspecified atom stereocenters. The van der Waals surface area contributed by atoms with Gasteiger partial charge < -0.3 is 0 Å². The second-order valence-electron chi connectivity index (χ2n) is 7.92. The highest BCUT2D eigenvalue weighted by molar-refractivity contribution is 7.91. The van der Waals surface area contributed by atoms with Gasteiger partial charge in [-0.2, -0.15) is 0 Å². The summed E-state index contributed by atoms with van der Waals surface area (Å²) in [5, 5.41) is 4.83. The maximum Gasteiger partial charge on any atom is 0.244 e. The molecule has 10 heteroatoms. The first-order valence-electron chi connectivity index (χ1n) is 8.64. The Labute approximate surface area is 168 Å². The van der Waals surface area contributed by atoms with Crippen molar-refractivity contribution in [3.05, 3.63) is 58.9 Å². The Balaban J connectivity index is 2.72. The van der Waals surface area contributed by atoms with Crippen LogP contribution in [0.5, 0.6) is 0 Å². The lowest BCUT2D eigenvalue weighted by Gasteiger charge is -2.22. The van der Waals surface area contributed by atoms with Gasteiger partial charge in [-0.15, -0.1) is 0 Å². The van der Waals surface area contributed by atoms with Crippen LogP contribution >= 0.6 is 0 Å². The molecule has 0 aliphatic rings. The standard InChI is InChI=1S/C19H22F3NO4S2/c1-19(2,3)11-13-14(20)18(29(23,26)27)16(22)15(21)17(13)28(24,25)10-9-12-7-5-4-6-8-12/h4-8H,9-11H2,1-3H3,(H2,23,26,27). The van der Waals surface area contributed by atoms with E-state index in [2.05, 4.69) is 0 Å². The lowest BCUT2D eigenvalue weighted by molar-refractivity contribution is 0.378. The molecule has 0 heterocycles. The molecule has 0 atom stereocenters. The molecular weight excluding hydrogens is 427 g/mol. The van der Waals surface area contributed by atoms with Crippen molar-refractivity contribution >= 4 is 19.9 Å². The third kappa shape index (κ3) is 5.37. The summed E-state index contributed by atoms with van der Waals surface area (Å²) in [6, 6.07) is 8.43. The quantitative estimate of drug-likeness (QED) is 0.685. The van der Waals surface area contributed by atoms with Crippen molar-refractivity contribution in [3.8, 4) is 0 Å². The van der Waals surface area contributed by atoms with E-state index in [0.29, 0.717) is 5.56 Å². The van der Waals surface area contributed by atoms with E-state index in [-0.39, 0.29) is 12.8 Å². The Morgan fingerprint density at radius 3 is 1.86 bits per heavy atom. The predicted octanol–water partition coefficient (Wildman–Crippen LogP) is 3.36. The molecule has 0 aliphatic carbocycles. The third-order valence-electron chi connectivity index (χ3n) is 4.13. The van der Waals surface area contributed by atoms with Gasteiger partial charge in [-0.1, -0.05) is 51.1 Å². The van der Waals surface area contributed by atoms with Crippen LogP contribution in [-0.2, 0) is 32.7 Å². The van der Waals surface area contributed by atoms with Gasteiger partial charge in [0.15, 0.2) is 32.2 Å². The van der Waals surface area contributed by atoms with Gasteiger partial charge in [0.2, 0.25) is 10.0 Å². The first-order valence-corrected chi connectivity index (χ1v) is 11.8. The van der Waals surface area contributed by atoms with Crippen LogP contribution in [0.25, 0.3) is 0 Å². The molecule has 0 spiro atoms. The predicted molar refractivity (Wildman–Crippen MR) is 103 cm³/mol. The summed E-state index contributed by atoms with van der Waals surface area (Å²) in [5.74, 6) is -6.37. The zero-order valence-corrected chi connectivity index (χ0v) is 17.8. The number of aryl methyl sites for hydroxylation is 1. The van der Waals surface area contributed by atoms with E-state index in [1.165, 1.54) is 0 Å². The molecule has 0 saturated carbocycles. The molecule has 0 radical (unpaired) electrons. The van der Waals surface area contributed by atoms with Crippen molar-refractivity contribution in [2.24, 2.45) is 10.6 Å². The number of hydrogen-bond donors (Lipinski definition) is 1. The van der Waals surface area contributed by atoms with Gasteiger partial charge in [0.25, 0.3) is 0 Å². The normalized spacial score (nSPS) is 12.9. The molecule has 0 saturated heterocycles. The van der Waals surface area contributed by atoms with E-state index < -0.39 is 63.8 Å². The van der Waals surface area contributed by atoms with E-state index in [4.69, 9.17) is 5.14 Å². The molecule has 0 fully saturated rings. The summed E-state index contributed by atoms with van der Waals surface area (Å²) in [6.07, 6.45) is -0.365. The third-order valence-corrected chi connectivity index (χ3v) is 6.85. The monoisotopic (exact) mass is 449 g/mol. The minimum atomic E-state index is -4.97. The number of sulfone groups is 1. The molecule has 2 N–H and O–H groups in total. The van der Waals surface area contributed by atoms with Crippen LogP contribution < -0.4 is 5.14 Å². The van der Waals surface area contributed by atoms with Crippen molar-refractivity contribution in [1.29, 1.82) is 0 Å². The van der Waals surface area contributed by atoms with Gasteiger partial charge in [0.1, 0.15) is 4.90 Å². The number of nitrogens with two attached hydrogens (primary N) is 1. The SMILES string of the molecule is CC(C)(C)Cc1c(F)c(S(N)(=O)=O)c(F)c(F)c1S(=O)(=O)CCc1ccccc1. The maximum absolute atomic E-state index is 15.0. The Morgan fingerprint density at radius 1 is 0.862 bits per heavy atom. The molecule has 2 aromatic carbocycles. The van der Waals surface area contributed by atoms with Crippen LogP contribution in [0.2, 0.25) is 0 Å². The van der Waals surface area contributed by atoms with Crippen LogP contribution in [0.3, 0.4) is 0 Å². The van der Waals surface area contributed by atoms with E-state index in [0.717, 1.165) is 0 Å². The van der Waals surface area contributed by atoms with Crippen LogP contribution in [0.4, 0.5) is 13.2 Å². The van der Waals surface area contributed by atoms with Gasteiger partial charge in [0.05, 0.1) is 5.75 Å². The average Bonchev–Trinajstić information content (AvgIpc) is 2.56. The molecule has 29 heavy (non-hydrogen) atoms. The zero-order chi connectivity index (χ0) is 22.2. The Kier molecular flexibility index (Phi) is 6.51. The van der Waals surface area contributed by atoms with Gasteiger partial charge >= 0.3 is 0 Å². The molecule has 5 nitrogen and oxygen atoms in total. The Bertz CT molecular complexity index is 1120. The van der Waals surface area contributed by atoms with Crippen LogP contribution in [0.1, 0.15) is 31.9 Å². The van der Waals surface area contributed by atoms with E-state index >= 15 is 0 Å². The van der Waals surface area contributed by atoms with Crippen molar-refractivity contribution in [2.75, 3.05) is 5.75 Å². The molecule has 0 amide bonds. The first kappa shape index (κ1) is 23.4. The van der Waals surface area contributed by atoms with Crippen molar-refractivity contribution < 1.29 is 30.0 Å². The van der Waals surface area contributed by atoms with Crippen molar-refractivity contribution in [1.82, 2.24) is 0 Å². The second kappa shape index (κ2) is 8.08. The number of hydrogen-bond acceptors (Lipinski definition) is 4. The second-order valence-corrected chi connectivity index (χ2v) is 11.5. The smallest absolute Gasteiger partial charge is 0.224 e. The van der Waals surface area contributed by atoms with Gasteiger partial charge in [0, 0.05) is 5.56 Å². The fourth-order valence-electron chi connectivity index (χ4n) is 2.93. The largest absolute Gasteiger partial charge is 0.244 e. The molecule has 0 aromatic heterocycles. The van der Waals surface area contributed by atoms with Gasteiger partial charge in [-0.05, 0) is 23.8 Å². The number of halogens is 3. The highest BCUT2D eigenvalue weighted by Gasteiger charge is 2.36. The molecule has 160 valence electrons. The van der Waals surface area contributed by atoms with Gasteiger partial charge in [-0.3, -0.25) is 0 Å². The summed E-state index contributed by atoms with van der Waals surface area (Å²) in [6.45, 7) is 4.85. The lowest BCUT2D eigenvalue weighted by Crippen LogP contribution is -2.24. The lowest BCUT2D eigenvalue weighted by atomic mass is 9.88. The fourth-order valence-corrected chi connectivity index (χ4v) is 5.25. The fraction of sp³-hybridized carbons (Fsp3) is 0.368. The first-order chi connectivity index (χ1) is 13.1. The molecule has 2 rings (SSSR count). The summed E-state index contributed by atoms with van der Waals surface area (Å²) in [4.78, 5) is -2.83. The maximum atomic E-state index is 15.0. The van der Waals surface area contributed by atoms with E-state index in [1.54, 1.807) is 51.1 Å². The summed E-state index contributed by atoms with van der Waals surface area (Å²) >= 11 is 0. The minimum absolute atomic E-state index is 0.0161. The minimum Gasteiger partial charge on any atom is -0.224 e.